The summed E-state index contributed by atoms with van der Waals surface area (Å²) in [5.74, 6) is 0.369. The molecule has 0 saturated carbocycles. The first-order valence-corrected chi connectivity index (χ1v) is 7.46. The highest BCUT2D eigenvalue weighted by molar-refractivity contribution is 6.30. The summed E-state index contributed by atoms with van der Waals surface area (Å²) < 4.78 is 5.45. The third-order valence-corrected chi connectivity index (χ3v) is 3.67. The second-order valence-electron chi connectivity index (χ2n) is 6.32. The van der Waals surface area contributed by atoms with Gasteiger partial charge in [0.15, 0.2) is 0 Å². The van der Waals surface area contributed by atoms with E-state index in [2.05, 4.69) is 0 Å². The van der Waals surface area contributed by atoms with Gasteiger partial charge in [-0.25, -0.2) is 4.79 Å². The number of hydrogen-bond acceptors (Lipinski definition) is 2. The Labute approximate surface area is 125 Å². The molecular weight excluding hydrogens is 274 g/mol. The average molecular weight is 296 g/mol. The Bertz CT molecular complexity index is 464. The Morgan fingerprint density at radius 1 is 1.30 bits per heavy atom. The van der Waals surface area contributed by atoms with Crippen LogP contribution in [-0.2, 0) is 4.74 Å². The SMILES string of the molecule is CC(C)(C)OC(=O)N1CCC[C@H](c2ccc(Cl)cc2)C1. The molecule has 20 heavy (non-hydrogen) atoms. The minimum absolute atomic E-state index is 0.212. The van der Waals surface area contributed by atoms with E-state index in [9.17, 15) is 4.79 Å². The van der Waals surface area contributed by atoms with Gasteiger partial charge < -0.3 is 9.64 Å². The van der Waals surface area contributed by atoms with Crippen LogP contribution in [0.25, 0.3) is 0 Å². The van der Waals surface area contributed by atoms with Crippen LogP contribution in [0.4, 0.5) is 4.79 Å². The number of carbonyl (C=O) groups is 1. The van der Waals surface area contributed by atoms with Gasteiger partial charge in [0, 0.05) is 24.0 Å². The molecule has 1 aliphatic rings. The van der Waals surface area contributed by atoms with Crippen molar-refractivity contribution in [3.8, 4) is 0 Å². The predicted molar refractivity (Wildman–Crippen MR) is 81.2 cm³/mol. The van der Waals surface area contributed by atoms with E-state index in [1.165, 1.54) is 5.56 Å². The normalized spacial score (nSPS) is 19.8. The fraction of sp³-hybridized carbons (Fsp3) is 0.562. The van der Waals surface area contributed by atoms with Crippen LogP contribution in [-0.4, -0.2) is 29.7 Å². The van der Waals surface area contributed by atoms with Gasteiger partial charge in [0.05, 0.1) is 0 Å². The Morgan fingerprint density at radius 3 is 2.55 bits per heavy atom. The van der Waals surface area contributed by atoms with Crippen LogP contribution in [0.15, 0.2) is 24.3 Å². The lowest BCUT2D eigenvalue weighted by molar-refractivity contribution is 0.0198. The second-order valence-corrected chi connectivity index (χ2v) is 6.75. The third kappa shape index (κ3) is 4.14. The molecule has 1 aliphatic heterocycles. The van der Waals surface area contributed by atoms with Crippen LogP contribution in [0.3, 0.4) is 0 Å². The molecule has 0 aliphatic carbocycles. The Balaban J connectivity index is 2.01. The van der Waals surface area contributed by atoms with Gasteiger partial charge in [-0.3, -0.25) is 0 Å². The molecule has 110 valence electrons. The monoisotopic (exact) mass is 295 g/mol. The Morgan fingerprint density at radius 2 is 1.95 bits per heavy atom. The van der Waals surface area contributed by atoms with Gasteiger partial charge in [-0.2, -0.15) is 0 Å². The topological polar surface area (TPSA) is 29.5 Å². The van der Waals surface area contributed by atoms with Crippen LogP contribution >= 0.6 is 11.6 Å². The lowest BCUT2D eigenvalue weighted by Crippen LogP contribution is -2.42. The molecule has 0 N–H and O–H groups in total. The highest BCUT2D eigenvalue weighted by atomic mass is 35.5. The number of benzene rings is 1. The van der Waals surface area contributed by atoms with Crippen molar-refractivity contribution < 1.29 is 9.53 Å². The lowest BCUT2D eigenvalue weighted by Gasteiger charge is -2.34. The molecule has 3 nitrogen and oxygen atoms in total. The summed E-state index contributed by atoms with van der Waals surface area (Å²) in [6.07, 6.45) is 1.89. The molecule has 2 rings (SSSR count). The first kappa shape index (κ1) is 15.2. The van der Waals surface area contributed by atoms with Crippen molar-refractivity contribution in [2.75, 3.05) is 13.1 Å². The number of nitrogens with zero attached hydrogens (tertiary/aromatic N) is 1. The summed E-state index contributed by atoms with van der Waals surface area (Å²) in [6, 6.07) is 7.91. The Kier molecular flexibility index (Phi) is 4.59. The van der Waals surface area contributed by atoms with Crippen LogP contribution in [0.2, 0.25) is 5.02 Å². The first-order chi connectivity index (χ1) is 9.35. The minimum Gasteiger partial charge on any atom is -0.444 e. The summed E-state index contributed by atoms with van der Waals surface area (Å²) in [7, 11) is 0. The molecule has 0 aromatic heterocycles. The number of carbonyl (C=O) groups excluding carboxylic acids is 1. The molecule has 0 radical (unpaired) electrons. The van der Waals surface area contributed by atoms with Crippen LogP contribution in [0.1, 0.15) is 45.1 Å². The summed E-state index contributed by atoms with van der Waals surface area (Å²) in [5, 5.41) is 0.744. The van der Waals surface area contributed by atoms with Gasteiger partial charge in [0.25, 0.3) is 0 Å². The van der Waals surface area contributed by atoms with E-state index in [4.69, 9.17) is 16.3 Å². The fourth-order valence-corrected chi connectivity index (χ4v) is 2.60. The van der Waals surface area contributed by atoms with E-state index in [1.54, 1.807) is 0 Å². The molecule has 1 aromatic rings. The highest BCUT2D eigenvalue weighted by Crippen LogP contribution is 2.28. The van der Waals surface area contributed by atoms with E-state index in [0.717, 1.165) is 31.0 Å². The molecule has 4 heteroatoms. The average Bonchev–Trinajstić information content (AvgIpc) is 2.38. The maximum atomic E-state index is 12.1. The number of hydrogen-bond donors (Lipinski definition) is 0. The molecule has 1 atom stereocenters. The van der Waals surface area contributed by atoms with Crippen LogP contribution in [0, 0.1) is 0 Å². The zero-order chi connectivity index (χ0) is 14.8. The molecule has 0 spiro atoms. The number of halogens is 1. The molecule has 1 amide bonds. The highest BCUT2D eigenvalue weighted by Gasteiger charge is 2.28. The van der Waals surface area contributed by atoms with Crippen molar-refractivity contribution in [1.82, 2.24) is 4.90 Å². The van der Waals surface area contributed by atoms with Crippen molar-refractivity contribution in [2.24, 2.45) is 0 Å². The van der Waals surface area contributed by atoms with Crippen LogP contribution < -0.4 is 0 Å². The van der Waals surface area contributed by atoms with Crippen molar-refractivity contribution >= 4 is 17.7 Å². The molecule has 1 saturated heterocycles. The molecular formula is C16H22ClNO2. The number of amides is 1. The second kappa shape index (κ2) is 6.04. The summed E-state index contributed by atoms with van der Waals surface area (Å²) in [4.78, 5) is 13.9. The largest absolute Gasteiger partial charge is 0.444 e. The van der Waals surface area contributed by atoms with Gasteiger partial charge >= 0.3 is 6.09 Å². The van der Waals surface area contributed by atoms with Gasteiger partial charge in [-0.05, 0) is 51.3 Å². The van der Waals surface area contributed by atoms with Crippen molar-refractivity contribution in [3.63, 3.8) is 0 Å². The summed E-state index contributed by atoms with van der Waals surface area (Å²) in [6.45, 7) is 7.18. The maximum Gasteiger partial charge on any atom is 0.410 e. The van der Waals surface area contributed by atoms with Gasteiger partial charge in [-0.15, -0.1) is 0 Å². The fourth-order valence-electron chi connectivity index (χ4n) is 2.48. The number of likely N-dealkylation sites (tertiary alicyclic amines) is 1. The van der Waals surface area contributed by atoms with Gasteiger partial charge in [0.1, 0.15) is 5.60 Å². The van der Waals surface area contributed by atoms with Gasteiger partial charge in [-0.1, -0.05) is 23.7 Å². The van der Waals surface area contributed by atoms with E-state index in [-0.39, 0.29) is 6.09 Å². The minimum atomic E-state index is -0.440. The number of piperidine rings is 1. The molecule has 1 fully saturated rings. The zero-order valence-electron chi connectivity index (χ0n) is 12.4. The number of ether oxygens (including phenoxy) is 1. The quantitative estimate of drug-likeness (QED) is 0.766. The molecule has 0 bridgehead atoms. The van der Waals surface area contributed by atoms with Gasteiger partial charge in [0.2, 0.25) is 0 Å². The first-order valence-electron chi connectivity index (χ1n) is 7.08. The van der Waals surface area contributed by atoms with E-state index in [0.29, 0.717) is 5.92 Å². The predicted octanol–water partition coefficient (Wildman–Crippen LogP) is 4.45. The summed E-state index contributed by atoms with van der Waals surface area (Å²) in [5.41, 5.74) is 0.798. The van der Waals surface area contributed by atoms with E-state index >= 15 is 0 Å². The molecule has 1 heterocycles. The zero-order valence-corrected chi connectivity index (χ0v) is 13.1. The standard InChI is InChI=1S/C16H22ClNO2/c1-16(2,3)20-15(19)18-10-4-5-13(11-18)12-6-8-14(17)9-7-12/h6-9,13H,4-5,10-11H2,1-3H3/t13-/m0/s1. The van der Waals surface area contributed by atoms with Crippen molar-refractivity contribution in [1.29, 1.82) is 0 Å². The maximum absolute atomic E-state index is 12.1. The van der Waals surface area contributed by atoms with Crippen molar-refractivity contribution in [3.05, 3.63) is 34.9 Å². The molecule has 1 aromatic carbocycles. The third-order valence-electron chi connectivity index (χ3n) is 3.41. The van der Waals surface area contributed by atoms with E-state index in [1.807, 2.05) is 49.9 Å². The van der Waals surface area contributed by atoms with E-state index < -0.39 is 5.60 Å². The summed E-state index contributed by atoms with van der Waals surface area (Å²) >= 11 is 5.92. The van der Waals surface area contributed by atoms with Crippen LogP contribution in [0.5, 0.6) is 0 Å². The lowest BCUT2D eigenvalue weighted by atomic mass is 9.91. The van der Waals surface area contributed by atoms with Crippen molar-refractivity contribution in [2.45, 2.75) is 45.1 Å². The molecule has 0 unspecified atom stereocenters. The number of rotatable bonds is 1. The smallest absolute Gasteiger partial charge is 0.410 e. The Hall–Kier alpha value is -1.22.